The van der Waals surface area contributed by atoms with Gasteiger partial charge in [-0.2, -0.15) is 0 Å². The first-order valence-corrected chi connectivity index (χ1v) is 6.87. The number of benzene rings is 1. The number of amides is 1. The first-order chi connectivity index (χ1) is 9.79. The van der Waals surface area contributed by atoms with Crippen molar-refractivity contribution in [2.75, 3.05) is 13.2 Å². The summed E-state index contributed by atoms with van der Waals surface area (Å²) in [5, 5.41) is 11.5. The Morgan fingerprint density at radius 3 is 2.80 bits per heavy atom. The maximum atomic E-state index is 11.9. The zero-order valence-corrected chi connectivity index (χ0v) is 11.4. The van der Waals surface area contributed by atoms with E-state index in [0.717, 1.165) is 30.4 Å². The third-order valence-electron chi connectivity index (χ3n) is 3.20. The molecule has 1 aromatic rings. The van der Waals surface area contributed by atoms with Crippen LogP contribution in [0.4, 0.5) is 0 Å². The summed E-state index contributed by atoms with van der Waals surface area (Å²) >= 11 is 0. The minimum Gasteiger partial charge on any atom is -0.384 e. The standard InChI is InChI=1S/C16H19NO3/c18-10-3-4-13-6-8-14(9-7-13)12-17-16(19)15-5-1-2-11-20-15/h6-9,15,18H,1-2,5,10-12H2,(H,17,19). The van der Waals surface area contributed by atoms with Crippen molar-refractivity contribution in [2.24, 2.45) is 0 Å². The lowest BCUT2D eigenvalue weighted by Gasteiger charge is -2.21. The number of carbonyl (C=O) groups excluding carboxylic acids is 1. The molecule has 0 aliphatic carbocycles. The summed E-state index contributed by atoms with van der Waals surface area (Å²) in [5.74, 6) is 5.39. The molecule has 4 nitrogen and oxygen atoms in total. The van der Waals surface area contributed by atoms with E-state index in [9.17, 15) is 4.79 Å². The molecule has 4 heteroatoms. The molecule has 1 fully saturated rings. The molecule has 0 aromatic heterocycles. The minimum absolute atomic E-state index is 0.0335. The Kier molecular flexibility index (Phi) is 5.60. The van der Waals surface area contributed by atoms with E-state index < -0.39 is 0 Å². The normalized spacial score (nSPS) is 17.9. The van der Waals surface area contributed by atoms with Gasteiger partial charge in [-0.25, -0.2) is 0 Å². The lowest BCUT2D eigenvalue weighted by atomic mass is 10.1. The maximum absolute atomic E-state index is 11.9. The molecule has 1 atom stereocenters. The molecule has 0 radical (unpaired) electrons. The van der Waals surface area contributed by atoms with E-state index in [1.165, 1.54) is 0 Å². The summed E-state index contributed by atoms with van der Waals surface area (Å²) in [7, 11) is 0. The van der Waals surface area contributed by atoms with E-state index in [1.54, 1.807) is 0 Å². The van der Waals surface area contributed by atoms with Gasteiger partial charge in [0.15, 0.2) is 0 Å². The summed E-state index contributed by atoms with van der Waals surface area (Å²) in [5.41, 5.74) is 1.87. The van der Waals surface area contributed by atoms with Crippen LogP contribution in [0.25, 0.3) is 0 Å². The van der Waals surface area contributed by atoms with E-state index in [1.807, 2.05) is 24.3 Å². The van der Waals surface area contributed by atoms with Gasteiger partial charge >= 0.3 is 0 Å². The van der Waals surface area contributed by atoms with E-state index in [0.29, 0.717) is 13.2 Å². The number of aliphatic hydroxyl groups excluding tert-OH is 1. The molecule has 1 aromatic carbocycles. The first-order valence-electron chi connectivity index (χ1n) is 6.87. The van der Waals surface area contributed by atoms with Crippen LogP contribution in [0.5, 0.6) is 0 Å². The molecule has 20 heavy (non-hydrogen) atoms. The molecule has 1 heterocycles. The van der Waals surface area contributed by atoms with Crippen LogP contribution in [0.15, 0.2) is 24.3 Å². The first kappa shape index (κ1) is 14.6. The number of rotatable bonds is 3. The lowest BCUT2D eigenvalue weighted by molar-refractivity contribution is -0.135. The monoisotopic (exact) mass is 273 g/mol. The van der Waals surface area contributed by atoms with Crippen molar-refractivity contribution in [2.45, 2.75) is 31.9 Å². The Balaban J connectivity index is 1.82. The molecule has 1 aliphatic rings. The Bertz CT molecular complexity index is 493. The molecular weight excluding hydrogens is 254 g/mol. The molecule has 0 saturated carbocycles. The Hall–Kier alpha value is -1.83. The van der Waals surface area contributed by atoms with Gasteiger partial charge in [0.25, 0.3) is 0 Å². The molecule has 2 rings (SSSR count). The average Bonchev–Trinajstić information content (AvgIpc) is 2.52. The highest BCUT2D eigenvalue weighted by Crippen LogP contribution is 2.12. The van der Waals surface area contributed by atoms with Gasteiger partial charge < -0.3 is 15.2 Å². The van der Waals surface area contributed by atoms with Gasteiger partial charge in [0.05, 0.1) is 0 Å². The minimum atomic E-state index is -0.293. The average molecular weight is 273 g/mol. The zero-order valence-electron chi connectivity index (χ0n) is 11.4. The summed E-state index contributed by atoms with van der Waals surface area (Å²) in [4.78, 5) is 11.9. The van der Waals surface area contributed by atoms with E-state index in [2.05, 4.69) is 17.2 Å². The third-order valence-corrected chi connectivity index (χ3v) is 3.20. The van der Waals surface area contributed by atoms with Crippen LogP contribution in [0, 0.1) is 11.8 Å². The molecule has 1 amide bonds. The Morgan fingerprint density at radius 1 is 1.35 bits per heavy atom. The van der Waals surface area contributed by atoms with E-state index in [4.69, 9.17) is 9.84 Å². The number of aliphatic hydroxyl groups is 1. The predicted molar refractivity (Wildman–Crippen MR) is 75.8 cm³/mol. The quantitative estimate of drug-likeness (QED) is 0.814. The molecule has 2 N–H and O–H groups in total. The fourth-order valence-corrected chi connectivity index (χ4v) is 2.10. The van der Waals surface area contributed by atoms with Crippen LogP contribution < -0.4 is 5.32 Å². The molecule has 0 spiro atoms. The summed E-state index contributed by atoms with van der Waals surface area (Å²) in [6, 6.07) is 7.59. The highest BCUT2D eigenvalue weighted by molar-refractivity contribution is 5.80. The number of ether oxygens (including phenoxy) is 1. The molecular formula is C16H19NO3. The summed E-state index contributed by atoms with van der Waals surface area (Å²) in [6.07, 6.45) is 2.61. The van der Waals surface area contributed by atoms with Crippen LogP contribution in [0.1, 0.15) is 30.4 Å². The van der Waals surface area contributed by atoms with Gasteiger partial charge in [-0.15, -0.1) is 0 Å². The summed E-state index contributed by atoms with van der Waals surface area (Å²) < 4.78 is 5.44. The van der Waals surface area contributed by atoms with Crippen molar-refractivity contribution < 1.29 is 14.6 Å². The van der Waals surface area contributed by atoms with Crippen LogP contribution in [0.3, 0.4) is 0 Å². The van der Waals surface area contributed by atoms with Gasteiger partial charge in [0, 0.05) is 18.7 Å². The molecule has 1 unspecified atom stereocenters. The fourth-order valence-electron chi connectivity index (χ4n) is 2.10. The second kappa shape index (κ2) is 7.68. The van der Waals surface area contributed by atoms with Crippen molar-refractivity contribution in [3.63, 3.8) is 0 Å². The van der Waals surface area contributed by atoms with Gasteiger partial charge in [-0.1, -0.05) is 24.0 Å². The lowest BCUT2D eigenvalue weighted by Crippen LogP contribution is -2.37. The van der Waals surface area contributed by atoms with Crippen LogP contribution in [-0.2, 0) is 16.1 Å². The van der Waals surface area contributed by atoms with Gasteiger partial charge in [0.1, 0.15) is 12.7 Å². The van der Waals surface area contributed by atoms with E-state index in [-0.39, 0.29) is 18.6 Å². The van der Waals surface area contributed by atoms with Crippen molar-refractivity contribution in [3.05, 3.63) is 35.4 Å². The van der Waals surface area contributed by atoms with Crippen molar-refractivity contribution >= 4 is 5.91 Å². The Labute approximate surface area is 119 Å². The molecule has 106 valence electrons. The molecule has 0 bridgehead atoms. The highest BCUT2D eigenvalue weighted by Gasteiger charge is 2.21. The van der Waals surface area contributed by atoms with Crippen LogP contribution in [-0.4, -0.2) is 30.3 Å². The number of carbonyl (C=O) groups is 1. The summed E-state index contributed by atoms with van der Waals surface area (Å²) in [6.45, 7) is 1.03. The van der Waals surface area contributed by atoms with Crippen molar-refractivity contribution in [1.82, 2.24) is 5.32 Å². The third kappa shape index (κ3) is 4.37. The second-order valence-electron chi connectivity index (χ2n) is 4.73. The van der Waals surface area contributed by atoms with Gasteiger partial charge in [0.2, 0.25) is 5.91 Å². The number of hydrogen-bond acceptors (Lipinski definition) is 3. The topological polar surface area (TPSA) is 58.6 Å². The van der Waals surface area contributed by atoms with E-state index >= 15 is 0 Å². The predicted octanol–water partition coefficient (Wildman–Crippen LogP) is 1.22. The SMILES string of the molecule is O=C(NCc1ccc(C#CCO)cc1)C1CCCCO1. The largest absolute Gasteiger partial charge is 0.384 e. The highest BCUT2D eigenvalue weighted by atomic mass is 16.5. The molecule has 1 saturated heterocycles. The van der Waals surface area contributed by atoms with Gasteiger partial charge in [-0.05, 0) is 37.0 Å². The number of hydrogen-bond donors (Lipinski definition) is 2. The fraction of sp³-hybridized carbons (Fsp3) is 0.438. The second-order valence-corrected chi connectivity index (χ2v) is 4.73. The van der Waals surface area contributed by atoms with Gasteiger partial charge in [-0.3, -0.25) is 4.79 Å². The zero-order chi connectivity index (χ0) is 14.2. The van der Waals surface area contributed by atoms with Crippen molar-refractivity contribution in [1.29, 1.82) is 0 Å². The molecule has 1 aliphatic heterocycles. The number of nitrogens with one attached hydrogen (secondary N) is 1. The van der Waals surface area contributed by atoms with Crippen LogP contribution in [0.2, 0.25) is 0 Å². The van der Waals surface area contributed by atoms with Crippen LogP contribution >= 0.6 is 0 Å². The smallest absolute Gasteiger partial charge is 0.249 e. The van der Waals surface area contributed by atoms with Crippen molar-refractivity contribution in [3.8, 4) is 11.8 Å². The maximum Gasteiger partial charge on any atom is 0.249 e. The Morgan fingerprint density at radius 2 is 2.15 bits per heavy atom.